The summed E-state index contributed by atoms with van der Waals surface area (Å²) in [5.41, 5.74) is 23.5. The van der Waals surface area contributed by atoms with E-state index in [1.807, 2.05) is 80.6 Å². The highest BCUT2D eigenvalue weighted by Gasteiger charge is 2.08. The zero-order valence-electron chi connectivity index (χ0n) is 29.0. The van der Waals surface area contributed by atoms with Crippen molar-refractivity contribution in [2.75, 3.05) is 16.8 Å². The highest BCUT2D eigenvalue weighted by Crippen LogP contribution is 2.34. The molecule has 6 aromatic rings. The van der Waals surface area contributed by atoms with Crippen LogP contribution in [0.25, 0.3) is 33.7 Å². The largest absolute Gasteiger partial charge is 0.399 e. The summed E-state index contributed by atoms with van der Waals surface area (Å²) in [5.74, 6) is 0. The van der Waals surface area contributed by atoms with Crippen LogP contribution < -0.4 is 16.8 Å². The Morgan fingerprint density at radius 2 is 1.27 bits per heavy atom. The first-order chi connectivity index (χ1) is 23.4. The van der Waals surface area contributed by atoms with E-state index in [2.05, 4.69) is 105 Å². The number of azo groups is 1. The monoisotopic (exact) mass is 663 g/mol. The van der Waals surface area contributed by atoms with Crippen LogP contribution in [-0.4, -0.2) is 0 Å². The minimum absolute atomic E-state index is 0.751. The topological polar surface area (TPSA) is 88.8 Å². The Kier molecular flexibility index (Phi) is 12.2. The van der Waals surface area contributed by atoms with Crippen LogP contribution in [0, 0.1) is 27.7 Å². The van der Waals surface area contributed by atoms with E-state index in [4.69, 9.17) is 11.5 Å². The van der Waals surface area contributed by atoms with E-state index in [0.29, 0.717) is 0 Å². The number of nitrogens with one attached hydrogen (secondary N) is 1. The molecule has 49 heavy (non-hydrogen) atoms. The number of aryl methyl sites for hydroxylation is 4. The van der Waals surface area contributed by atoms with E-state index in [-0.39, 0.29) is 0 Å². The Morgan fingerprint density at radius 3 is 1.88 bits per heavy atom. The number of anilines is 3. The van der Waals surface area contributed by atoms with Crippen LogP contribution in [0.1, 0.15) is 40.3 Å². The molecule has 0 atom stereocenters. The lowest BCUT2D eigenvalue weighted by atomic mass is 9.98. The predicted octanol–water partition coefficient (Wildman–Crippen LogP) is 12.7. The molecule has 0 heterocycles. The minimum atomic E-state index is 0.751. The minimum Gasteiger partial charge on any atom is -0.399 e. The molecule has 0 saturated carbocycles. The fourth-order valence-electron chi connectivity index (χ4n) is 5.35. The first-order valence-electron chi connectivity index (χ1n) is 16.0. The third-order valence-corrected chi connectivity index (χ3v) is 8.43. The second kappa shape index (κ2) is 16.5. The van der Waals surface area contributed by atoms with Gasteiger partial charge in [-0.05, 0) is 133 Å². The second-order valence-electron chi connectivity index (χ2n) is 12.0. The molecule has 0 amide bonds. The van der Waals surface area contributed by atoms with Gasteiger partial charge in [-0.3, -0.25) is 0 Å². The number of nitrogens with two attached hydrogens (primary N) is 2. The van der Waals surface area contributed by atoms with Crippen LogP contribution in [0.4, 0.5) is 28.4 Å². The summed E-state index contributed by atoms with van der Waals surface area (Å²) in [6, 6.07) is 32.3. The smallest absolute Gasteiger partial charge is 0.0921 e. The molecule has 248 valence electrons. The zero-order chi connectivity index (χ0) is 35.7. The van der Waals surface area contributed by atoms with E-state index in [1.165, 1.54) is 21.9 Å². The molecule has 0 saturated heterocycles. The fraction of sp³-hybridized carbons (Fsp3) is 0.116. The third kappa shape index (κ3) is 9.49. The molecular formula is C43H45N5S. The molecule has 6 aromatic carbocycles. The molecule has 6 heteroatoms. The number of hydrogen-bond acceptors (Lipinski definition) is 6. The van der Waals surface area contributed by atoms with E-state index in [9.17, 15) is 0 Å². The zero-order valence-corrected chi connectivity index (χ0v) is 29.9. The maximum absolute atomic E-state index is 5.96. The van der Waals surface area contributed by atoms with Crippen molar-refractivity contribution in [3.8, 4) is 0 Å². The van der Waals surface area contributed by atoms with Crippen LogP contribution in [0.5, 0.6) is 0 Å². The Bertz CT molecular complexity index is 2160. The summed E-state index contributed by atoms with van der Waals surface area (Å²) in [4.78, 5) is 0.822. The molecule has 0 aromatic heterocycles. The Morgan fingerprint density at radius 1 is 0.694 bits per heavy atom. The van der Waals surface area contributed by atoms with Crippen molar-refractivity contribution in [1.29, 1.82) is 0 Å². The van der Waals surface area contributed by atoms with Gasteiger partial charge >= 0.3 is 0 Å². The van der Waals surface area contributed by atoms with Crippen molar-refractivity contribution in [2.45, 2.75) is 39.5 Å². The normalized spacial score (nSPS) is 10.6. The van der Waals surface area contributed by atoms with Crippen LogP contribution in [-0.2, 0) is 0 Å². The molecule has 0 bridgehead atoms. The summed E-state index contributed by atoms with van der Waals surface area (Å²) in [6.07, 6.45) is 3.61. The molecule has 0 aliphatic heterocycles. The highest BCUT2D eigenvalue weighted by atomic mass is 32.1. The molecule has 0 radical (unpaired) electrons. The van der Waals surface area contributed by atoms with Crippen LogP contribution >= 0.6 is 12.6 Å². The SMILES string of the molecule is C=C(C)Nc1ccc2c(C)c(N)c(S)cc2c1.C=Cc1ccc(N)cc1.C=Cc1ccc(N=Nc2c(C)cc3cc(C)ccc3c2C)cc1. The van der Waals surface area contributed by atoms with Crippen LogP contribution in [0.15, 0.2) is 138 Å². The van der Waals surface area contributed by atoms with Gasteiger partial charge in [0.1, 0.15) is 0 Å². The van der Waals surface area contributed by atoms with Gasteiger partial charge in [-0.25, -0.2) is 0 Å². The average Bonchev–Trinajstić information content (AvgIpc) is 3.08. The Labute approximate surface area is 296 Å². The molecule has 5 nitrogen and oxygen atoms in total. The van der Waals surface area contributed by atoms with Crippen molar-refractivity contribution in [3.63, 3.8) is 0 Å². The van der Waals surface area contributed by atoms with E-state index in [0.717, 1.165) is 72.1 Å². The van der Waals surface area contributed by atoms with Crippen molar-refractivity contribution < 1.29 is 0 Å². The van der Waals surface area contributed by atoms with Crippen LogP contribution in [0.2, 0.25) is 0 Å². The number of benzene rings is 6. The van der Waals surface area contributed by atoms with E-state index < -0.39 is 0 Å². The number of allylic oxidation sites excluding steroid dienone is 1. The van der Waals surface area contributed by atoms with Gasteiger partial charge in [-0.15, -0.1) is 17.7 Å². The summed E-state index contributed by atoms with van der Waals surface area (Å²) in [7, 11) is 0. The highest BCUT2D eigenvalue weighted by molar-refractivity contribution is 7.80. The summed E-state index contributed by atoms with van der Waals surface area (Å²) in [6.45, 7) is 21.5. The molecular weight excluding hydrogens is 619 g/mol. The second-order valence-corrected chi connectivity index (χ2v) is 12.5. The van der Waals surface area contributed by atoms with Crippen molar-refractivity contribution in [1.82, 2.24) is 0 Å². The van der Waals surface area contributed by atoms with Gasteiger partial charge < -0.3 is 16.8 Å². The average molecular weight is 664 g/mol. The van der Waals surface area contributed by atoms with Gasteiger partial charge in [0, 0.05) is 27.7 Å². The number of nitrogen functional groups attached to an aromatic ring is 2. The first-order valence-corrected chi connectivity index (χ1v) is 16.4. The van der Waals surface area contributed by atoms with Crippen molar-refractivity contribution in [2.24, 2.45) is 10.2 Å². The van der Waals surface area contributed by atoms with Crippen molar-refractivity contribution >= 4 is 74.8 Å². The Hall–Kier alpha value is -5.59. The molecule has 0 fully saturated rings. The standard InChI is InChI=1S/C21H20N2.C14H16N2S.C8H9N/c1-5-17-7-9-19(10-8-17)22-23-21-15(3)13-18-12-14(2)6-11-20(18)16(21)4;1-8(2)16-11-4-5-12-9(3)14(15)13(17)7-10(12)6-11;1-2-7-3-5-8(9)6-4-7/h5-13H,1H2,2-4H3;4-7,16-17H,1,15H2,2-3H3;2-6H,1,9H2. The Balaban J connectivity index is 0.000000182. The van der Waals surface area contributed by atoms with Gasteiger partial charge in [-0.2, -0.15) is 5.11 Å². The fourth-order valence-corrected chi connectivity index (χ4v) is 5.66. The summed E-state index contributed by atoms with van der Waals surface area (Å²) in [5, 5.41) is 16.9. The number of nitrogens with zero attached hydrogens (tertiary/aromatic N) is 2. The molecule has 6 rings (SSSR count). The summed E-state index contributed by atoms with van der Waals surface area (Å²) >= 11 is 4.38. The molecule has 0 aliphatic rings. The van der Waals surface area contributed by atoms with E-state index >= 15 is 0 Å². The number of fused-ring (bicyclic) bond motifs is 2. The quantitative estimate of drug-likeness (QED) is 0.0812. The predicted molar refractivity (Wildman–Crippen MR) is 219 cm³/mol. The first kappa shape index (κ1) is 36.2. The maximum Gasteiger partial charge on any atom is 0.0921 e. The number of thiol groups is 1. The van der Waals surface area contributed by atoms with Gasteiger partial charge in [0.15, 0.2) is 0 Å². The van der Waals surface area contributed by atoms with Crippen LogP contribution in [0.3, 0.4) is 0 Å². The lowest BCUT2D eigenvalue weighted by Gasteiger charge is -2.11. The lowest BCUT2D eigenvalue weighted by Crippen LogP contribution is -1.95. The van der Waals surface area contributed by atoms with Gasteiger partial charge in [0.2, 0.25) is 0 Å². The molecule has 0 aliphatic carbocycles. The third-order valence-electron chi connectivity index (χ3n) is 8.06. The number of rotatable bonds is 6. The number of hydrogen-bond donors (Lipinski definition) is 4. The van der Waals surface area contributed by atoms with Gasteiger partial charge in [0.25, 0.3) is 0 Å². The van der Waals surface area contributed by atoms with E-state index in [1.54, 1.807) is 6.08 Å². The van der Waals surface area contributed by atoms with Gasteiger partial charge in [-0.1, -0.05) is 86.0 Å². The lowest BCUT2D eigenvalue weighted by molar-refractivity contribution is 1.19. The van der Waals surface area contributed by atoms with Crippen molar-refractivity contribution in [3.05, 3.63) is 156 Å². The molecule has 0 spiro atoms. The molecule has 0 unspecified atom stereocenters. The molecule has 5 N–H and O–H groups in total. The van der Waals surface area contributed by atoms with Gasteiger partial charge in [0.05, 0.1) is 11.4 Å². The summed E-state index contributed by atoms with van der Waals surface area (Å²) < 4.78 is 0. The maximum atomic E-state index is 5.96.